The van der Waals surface area contributed by atoms with Crippen LogP contribution in [0.2, 0.25) is 10.0 Å². The standard InChI is InChI=1S/C20H21Cl2NO3/c1-11-6-5-7-16(12(11)2)20(25)26-14(4)19(24)23-13(3)17-9-8-15(21)10-18(17)22/h5-10,13-14H,1-4H3,(H,23,24)/t13-,14-/m0/s1. The van der Waals surface area contributed by atoms with Crippen LogP contribution >= 0.6 is 23.2 Å². The second-order valence-corrected chi connectivity index (χ2v) is 7.03. The fourth-order valence-corrected chi connectivity index (χ4v) is 3.08. The molecule has 0 aliphatic rings. The fourth-order valence-electron chi connectivity index (χ4n) is 2.51. The van der Waals surface area contributed by atoms with Crippen LogP contribution in [0.1, 0.15) is 46.9 Å². The first-order valence-corrected chi connectivity index (χ1v) is 8.98. The lowest BCUT2D eigenvalue weighted by molar-refractivity contribution is -0.129. The average molecular weight is 394 g/mol. The van der Waals surface area contributed by atoms with Crippen molar-refractivity contribution in [1.82, 2.24) is 5.32 Å². The number of ether oxygens (including phenoxy) is 1. The SMILES string of the molecule is Cc1cccc(C(=O)O[C@@H](C)C(=O)N[C@@H](C)c2ccc(Cl)cc2Cl)c1C. The third-order valence-electron chi connectivity index (χ3n) is 4.27. The van der Waals surface area contributed by atoms with Gasteiger partial charge in [-0.3, -0.25) is 4.79 Å². The highest BCUT2D eigenvalue weighted by Gasteiger charge is 2.22. The smallest absolute Gasteiger partial charge is 0.339 e. The number of hydrogen-bond acceptors (Lipinski definition) is 3. The van der Waals surface area contributed by atoms with Crippen LogP contribution < -0.4 is 5.32 Å². The number of nitrogens with one attached hydrogen (secondary N) is 1. The summed E-state index contributed by atoms with van der Waals surface area (Å²) in [6, 6.07) is 10.1. The van der Waals surface area contributed by atoms with E-state index in [-0.39, 0.29) is 6.04 Å². The summed E-state index contributed by atoms with van der Waals surface area (Å²) in [4.78, 5) is 24.7. The minimum Gasteiger partial charge on any atom is -0.449 e. The zero-order valence-electron chi connectivity index (χ0n) is 15.1. The molecule has 1 N–H and O–H groups in total. The van der Waals surface area contributed by atoms with Crippen LogP contribution in [-0.4, -0.2) is 18.0 Å². The van der Waals surface area contributed by atoms with Gasteiger partial charge in [-0.05, 0) is 62.6 Å². The molecule has 0 fully saturated rings. The first-order valence-electron chi connectivity index (χ1n) is 8.23. The molecule has 0 heterocycles. The number of hydrogen-bond donors (Lipinski definition) is 1. The Hall–Kier alpha value is -2.04. The van der Waals surface area contributed by atoms with Gasteiger partial charge in [-0.2, -0.15) is 0 Å². The summed E-state index contributed by atoms with van der Waals surface area (Å²) in [5, 5.41) is 3.78. The molecular weight excluding hydrogens is 373 g/mol. The van der Waals surface area contributed by atoms with E-state index in [1.54, 1.807) is 37.3 Å². The number of rotatable bonds is 5. The molecule has 2 aromatic carbocycles. The molecule has 0 aromatic heterocycles. The van der Waals surface area contributed by atoms with Crippen molar-refractivity contribution in [3.8, 4) is 0 Å². The molecule has 0 saturated carbocycles. The Morgan fingerprint density at radius 2 is 1.77 bits per heavy atom. The molecule has 4 nitrogen and oxygen atoms in total. The Bertz CT molecular complexity index is 836. The van der Waals surface area contributed by atoms with Crippen LogP contribution in [0.4, 0.5) is 0 Å². The maximum Gasteiger partial charge on any atom is 0.339 e. The van der Waals surface area contributed by atoms with Gasteiger partial charge in [0.15, 0.2) is 6.10 Å². The maximum absolute atomic E-state index is 12.4. The van der Waals surface area contributed by atoms with E-state index in [1.807, 2.05) is 19.9 Å². The highest BCUT2D eigenvalue weighted by atomic mass is 35.5. The van der Waals surface area contributed by atoms with Gasteiger partial charge in [0.2, 0.25) is 0 Å². The Balaban J connectivity index is 2.03. The monoisotopic (exact) mass is 393 g/mol. The van der Waals surface area contributed by atoms with Crippen LogP contribution in [-0.2, 0) is 9.53 Å². The lowest BCUT2D eigenvalue weighted by Gasteiger charge is -2.19. The predicted molar refractivity (Wildman–Crippen MR) is 104 cm³/mol. The third kappa shape index (κ3) is 4.77. The molecule has 2 rings (SSSR count). The lowest BCUT2D eigenvalue weighted by atomic mass is 10.0. The van der Waals surface area contributed by atoms with Crippen LogP contribution in [0.25, 0.3) is 0 Å². The quantitative estimate of drug-likeness (QED) is 0.724. The zero-order valence-corrected chi connectivity index (χ0v) is 16.6. The number of aryl methyl sites for hydroxylation is 1. The summed E-state index contributed by atoms with van der Waals surface area (Å²) in [6.07, 6.45) is -0.934. The Labute approximate surface area is 163 Å². The third-order valence-corrected chi connectivity index (χ3v) is 4.83. The zero-order chi connectivity index (χ0) is 19.4. The second kappa shape index (κ2) is 8.56. The van der Waals surface area contributed by atoms with E-state index in [2.05, 4.69) is 5.32 Å². The van der Waals surface area contributed by atoms with Gasteiger partial charge in [0.25, 0.3) is 5.91 Å². The van der Waals surface area contributed by atoms with E-state index < -0.39 is 18.0 Å². The molecule has 0 bridgehead atoms. The van der Waals surface area contributed by atoms with Crippen molar-refractivity contribution in [1.29, 1.82) is 0 Å². The Morgan fingerprint density at radius 3 is 2.42 bits per heavy atom. The summed E-state index contributed by atoms with van der Waals surface area (Å²) in [6.45, 7) is 7.10. The molecule has 0 saturated heterocycles. The minimum atomic E-state index is -0.934. The van der Waals surface area contributed by atoms with Gasteiger partial charge in [-0.15, -0.1) is 0 Å². The number of carbonyl (C=O) groups excluding carboxylic acids is 2. The van der Waals surface area contributed by atoms with Crippen LogP contribution in [0.5, 0.6) is 0 Å². The molecule has 0 aliphatic carbocycles. The van der Waals surface area contributed by atoms with Gasteiger partial charge in [-0.25, -0.2) is 4.79 Å². The van der Waals surface area contributed by atoms with Crippen LogP contribution in [0, 0.1) is 13.8 Å². The number of carbonyl (C=O) groups is 2. The molecular formula is C20H21Cl2NO3. The topological polar surface area (TPSA) is 55.4 Å². The van der Waals surface area contributed by atoms with E-state index in [9.17, 15) is 9.59 Å². The van der Waals surface area contributed by atoms with Crippen molar-refractivity contribution in [2.45, 2.75) is 39.8 Å². The molecule has 0 aliphatic heterocycles. The minimum absolute atomic E-state index is 0.353. The first kappa shape index (κ1) is 20.3. The molecule has 0 radical (unpaired) electrons. The van der Waals surface area contributed by atoms with Crippen LogP contribution in [0.15, 0.2) is 36.4 Å². The first-order chi connectivity index (χ1) is 12.2. The van der Waals surface area contributed by atoms with E-state index in [0.29, 0.717) is 15.6 Å². The molecule has 0 unspecified atom stereocenters. The molecule has 2 aromatic rings. The number of esters is 1. The van der Waals surface area contributed by atoms with Crippen LogP contribution in [0.3, 0.4) is 0 Å². The summed E-state index contributed by atoms with van der Waals surface area (Å²) >= 11 is 12.1. The van der Waals surface area contributed by atoms with Gasteiger partial charge < -0.3 is 10.1 Å². The van der Waals surface area contributed by atoms with E-state index in [4.69, 9.17) is 27.9 Å². The molecule has 0 spiro atoms. The van der Waals surface area contributed by atoms with E-state index >= 15 is 0 Å². The summed E-state index contributed by atoms with van der Waals surface area (Å²) < 4.78 is 5.32. The molecule has 138 valence electrons. The highest BCUT2D eigenvalue weighted by molar-refractivity contribution is 6.35. The fraction of sp³-hybridized carbons (Fsp3) is 0.300. The summed E-state index contributed by atoms with van der Waals surface area (Å²) in [5.41, 5.74) is 3.02. The predicted octanol–water partition coefficient (Wildman–Crippen LogP) is 5.03. The largest absolute Gasteiger partial charge is 0.449 e. The van der Waals surface area contributed by atoms with Gasteiger partial charge >= 0.3 is 5.97 Å². The van der Waals surface area contributed by atoms with Crippen molar-refractivity contribution in [3.05, 3.63) is 68.7 Å². The van der Waals surface area contributed by atoms with Gasteiger partial charge in [0, 0.05) is 10.0 Å². The van der Waals surface area contributed by atoms with Gasteiger partial charge in [0.05, 0.1) is 11.6 Å². The molecule has 6 heteroatoms. The normalized spacial score (nSPS) is 13.0. The second-order valence-electron chi connectivity index (χ2n) is 6.19. The van der Waals surface area contributed by atoms with Crippen molar-refractivity contribution in [3.63, 3.8) is 0 Å². The Kier molecular flexibility index (Phi) is 6.68. The number of amides is 1. The van der Waals surface area contributed by atoms with Crippen molar-refractivity contribution >= 4 is 35.1 Å². The van der Waals surface area contributed by atoms with E-state index in [0.717, 1.165) is 16.7 Å². The lowest BCUT2D eigenvalue weighted by Crippen LogP contribution is -2.37. The molecule has 1 amide bonds. The summed E-state index contributed by atoms with van der Waals surface area (Å²) in [7, 11) is 0. The number of benzene rings is 2. The average Bonchev–Trinajstić information content (AvgIpc) is 2.56. The molecule has 2 atom stereocenters. The maximum atomic E-state index is 12.4. The summed E-state index contributed by atoms with van der Waals surface area (Å²) in [5.74, 6) is -0.923. The van der Waals surface area contributed by atoms with Gasteiger partial charge in [-0.1, -0.05) is 41.4 Å². The van der Waals surface area contributed by atoms with Crippen molar-refractivity contribution < 1.29 is 14.3 Å². The highest BCUT2D eigenvalue weighted by Crippen LogP contribution is 2.26. The number of halogens is 2. The van der Waals surface area contributed by atoms with E-state index in [1.165, 1.54) is 6.92 Å². The Morgan fingerprint density at radius 1 is 1.08 bits per heavy atom. The molecule has 26 heavy (non-hydrogen) atoms. The van der Waals surface area contributed by atoms with Crippen molar-refractivity contribution in [2.75, 3.05) is 0 Å². The van der Waals surface area contributed by atoms with Gasteiger partial charge in [0.1, 0.15) is 0 Å². The van der Waals surface area contributed by atoms with Crippen molar-refractivity contribution in [2.24, 2.45) is 0 Å².